The first-order valence-electron chi connectivity index (χ1n) is 9.53. The number of rotatable bonds is 6. The van der Waals surface area contributed by atoms with Crippen LogP contribution in [0.1, 0.15) is 15.9 Å². The first kappa shape index (κ1) is 20.2. The monoisotopic (exact) mass is 420 g/mol. The second-order valence-corrected chi connectivity index (χ2v) is 6.94. The van der Waals surface area contributed by atoms with Crippen molar-refractivity contribution in [1.82, 2.24) is 15.3 Å². The smallest absolute Gasteiger partial charge is 0.255 e. The number of aromatic nitrogens is 2. The molecule has 2 amide bonds. The number of benzene rings is 2. The van der Waals surface area contributed by atoms with Crippen LogP contribution < -0.4 is 10.6 Å². The summed E-state index contributed by atoms with van der Waals surface area (Å²) in [5.74, 6) is -3.01. The predicted molar refractivity (Wildman–Crippen MR) is 112 cm³/mol. The lowest BCUT2D eigenvalue weighted by molar-refractivity contribution is -0.118. The summed E-state index contributed by atoms with van der Waals surface area (Å²) in [5.41, 5.74) is 1.70. The van der Waals surface area contributed by atoms with E-state index in [1.807, 2.05) is 24.3 Å². The molecular weight excluding hydrogens is 402 g/mol. The highest BCUT2D eigenvalue weighted by molar-refractivity contribution is 6.01. The average Bonchev–Trinajstić information content (AvgIpc) is 3.18. The van der Waals surface area contributed by atoms with Crippen molar-refractivity contribution < 1.29 is 18.4 Å². The topological polar surface area (TPSA) is 86.9 Å². The molecule has 0 radical (unpaired) electrons. The number of carbonyl (C=O) groups excluding carboxylic acids is 2. The third-order valence-electron chi connectivity index (χ3n) is 4.84. The van der Waals surface area contributed by atoms with E-state index in [9.17, 15) is 18.4 Å². The van der Waals surface area contributed by atoms with Crippen molar-refractivity contribution in [2.45, 2.75) is 12.5 Å². The van der Waals surface area contributed by atoms with Gasteiger partial charge < -0.3 is 15.6 Å². The van der Waals surface area contributed by atoms with E-state index in [1.54, 1.807) is 18.3 Å². The van der Waals surface area contributed by atoms with E-state index in [0.717, 1.165) is 34.7 Å². The Labute approximate surface area is 176 Å². The summed E-state index contributed by atoms with van der Waals surface area (Å²) in [6.45, 7) is 0. The van der Waals surface area contributed by atoms with Crippen LogP contribution in [0.3, 0.4) is 0 Å². The molecule has 4 rings (SSSR count). The molecule has 6 nitrogen and oxygen atoms in total. The predicted octanol–water partition coefficient (Wildman–Crippen LogP) is 3.82. The lowest BCUT2D eigenvalue weighted by Gasteiger charge is -2.19. The van der Waals surface area contributed by atoms with Crippen molar-refractivity contribution in [3.63, 3.8) is 0 Å². The van der Waals surface area contributed by atoms with Crippen molar-refractivity contribution in [3.8, 4) is 0 Å². The van der Waals surface area contributed by atoms with Crippen molar-refractivity contribution in [2.75, 3.05) is 5.32 Å². The number of nitrogens with one attached hydrogen (secondary N) is 3. The van der Waals surface area contributed by atoms with Gasteiger partial charge in [0.2, 0.25) is 5.91 Å². The Morgan fingerprint density at radius 2 is 1.81 bits per heavy atom. The van der Waals surface area contributed by atoms with Gasteiger partial charge in [0.05, 0.1) is 5.56 Å². The van der Waals surface area contributed by atoms with Crippen LogP contribution in [0.15, 0.2) is 73.2 Å². The summed E-state index contributed by atoms with van der Waals surface area (Å²) in [6.07, 6.45) is 4.94. The Morgan fingerprint density at radius 3 is 2.61 bits per heavy atom. The van der Waals surface area contributed by atoms with Crippen molar-refractivity contribution in [3.05, 3.63) is 95.9 Å². The van der Waals surface area contributed by atoms with Crippen LogP contribution in [0.5, 0.6) is 0 Å². The van der Waals surface area contributed by atoms with E-state index in [-0.39, 0.29) is 6.42 Å². The number of hydrogen-bond donors (Lipinski definition) is 3. The van der Waals surface area contributed by atoms with Gasteiger partial charge in [-0.2, -0.15) is 0 Å². The maximum absolute atomic E-state index is 14.1. The highest BCUT2D eigenvalue weighted by atomic mass is 19.1. The fourth-order valence-electron chi connectivity index (χ4n) is 3.30. The number of carbonyl (C=O) groups is 2. The number of fused-ring (bicyclic) bond motifs is 1. The molecule has 2 aromatic heterocycles. The summed E-state index contributed by atoms with van der Waals surface area (Å²) in [7, 11) is 0. The Morgan fingerprint density at radius 1 is 1.03 bits per heavy atom. The minimum absolute atomic E-state index is 0.142. The number of pyridine rings is 1. The third kappa shape index (κ3) is 4.58. The largest absolute Gasteiger partial charge is 0.361 e. The normalized spacial score (nSPS) is 11.8. The van der Waals surface area contributed by atoms with Gasteiger partial charge in [0.15, 0.2) is 0 Å². The van der Waals surface area contributed by atoms with E-state index in [2.05, 4.69) is 20.6 Å². The quantitative estimate of drug-likeness (QED) is 0.443. The summed E-state index contributed by atoms with van der Waals surface area (Å²) in [4.78, 5) is 32.6. The molecule has 0 unspecified atom stereocenters. The molecule has 156 valence electrons. The number of nitrogens with zero attached hydrogens (tertiary/aromatic N) is 1. The van der Waals surface area contributed by atoms with Crippen LogP contribution in [-0.2, 0) is 11.2 Å². The van der Waals surface area contributed by atoms with E-state index in [4.69, 9.17) is 0 Å². The first-order valence-corrected chi connectivity index (χ1v) is 9.53. The van der Waals surface area contributed by atoms with Crippen molar-refractivity contribution in [2.24, 2.45) is 0 Å². The van der Waals surface area contributed by atoms with Crippen LogP contribution in [0.25, 0.3) is 10.9 Å². The summed E-state index contributed by atoms with van der Waals surface area (Å²) in [5, 5.41) is 6.15. The van der Waals surface area contributed by atoms with Crippen LogP contribution in [0.4, 0.5) is 14.5 Å². The van der Waals surface area contributed by atoms with E-state index < -0.39 is 35.1 Å². The third-order valence-corrected chi connectivity index (χ3v) is 4.84. The highest BCUT2D eigenvalue weighted by Gasteiger charge is 2.25. The molecule has 0 fully saturated rings. The van der Waals surface area contributed by atoms with Gasteiger partial charge in [0.1, 0.15) is 17.7 Å². The highest BCUT2D eigenvalue weighted by Crippen LogP contribution is 2.20. The van der Waals surface area contributed by atoms with E-state index in [1.165, 1.54) is 12.4 Å². The molecular formula is C23H18F2N4O2. The number of anilines is 1. The van der Waals surface area contributed by atoms with Crippen LogP contribution >= 0.6 is 0 Å². The number of hydrogen-bond acceptors (Lipinski definition) is 3. The first-order chi connectivity index (χ1) is 15.0. The molecule has 31 heavy (non-hydrogen) atoms. The van der Waals surface area contributed by atoms with Crippen LogP contribution in [0.2, 0.25) is 0 Å². The second kappa shape index (κ2) is 8.74. The minimum Gasteiger partial charge on any atom is -0.361 e. The van der Waals surface area contributed by atoms with Gasteiger partial charge in [-0.1, -0.05) is 18.2 Å². The molecule has 2 aromatic carbocycles. The van der Waals surface area contributed by atoms with Gasteiger partial charge in [-0.3, -0.25) is 14.6 Å². The Hall–Kier alpha value is -4.07. The molecule has 8 heteroatoms. The van der Waals surface area contributed by atoms with Gasteiger partial charge in [0, 0.05) is 41.6 Å². The van der Waals surface area contributed by atoms with Crippen molar-refractivity contribution >= 4 is 28.4 Å². The molecule has 0 bridgehead atoms. The lowest BCUT2D eigenvalue weighted by atomic mass is 10.0. The minimum atomic E-state index is -1.04. The van der Waals surface area contributed by atoms with E-state index in [0.29, 0.717) is 5.69 Å². The van der Waals surface area contributed by atoms with Gasteiger partial charge in [0.25, 0.3) is 5.91 Å². The molecule has 2 heterocycles. The van der Waals surface area contributed by atoms with Crippen LogP contribution in [-0.4, -0.2) is 27.8 Å². The fraction of sp³-hybridized carbons (Fsp3) is 0.0870. The second-order valence-electron chi connectivity index (χ2n) is 6.94. The molecule has 0 saturated carbocycles. The molecule has 0 aliphatic rings. The number of amides is 2. The Bertz CT molecular complexity index is 1240. The molecule has 0 spiro atoms. The standard InChI is InChI=1S/C23H18F2N4O2/c24-15-5-6-19(25)18(12-15)22(30)29-21(23(31)28-16-7-9-26-10-8-16)11-14-13-27-20-4-2-1-3-17(14)20/h1-10,12-13,21,27H,11H2,(H,29,30)(H,26,28,31)/t21-/m0/s1. The van der Waals surface area contributed by atoms with Crippen molar-refractivity contribution in [1.29, 1.82) is 0 Å². The summed E-state index contributed by atoms with van der Waals surface area (Å²) in [6, 6.07) is 12.3. The maximum Gasteiger partial charge on any atom is 0.255 e. The number of para-hydroxylation sites is 1. The van der Waals surface area contributed by atoms with Gasteiger partial charge in [-0.15, -0.1) is 0 Å². The van der Waals surface area contributed by atoms with Gasteiger partial charge in [-0.05, 0) is 42.0 Å². The molecule has 0 aliphatic carbocycles. The van der Waals surface area contributed by atoms with Gasteiger partial charge >= 0.3 is 0 Å². The lowest BCUT2D eigenvalue weighted by Crippen LogP contribution is -2.45. The number of H-pyrrole nitrogens is 1. The Balaban J connectivity index is 1.62. The molecule has 1 atom stereocenters. The SMILES string of the molecule is O=C(N[C@@H](Cc1c[nH]c2ccccc12)C(=O)Nc1ccncc1)c1cc(F)ccc1F. The zero-order valence-corrected chi connectivity index (χ0v) is 16.2. The van der Waals surface area contributed by atoms with Gasteiger partial charge in [-0.25, -0.2) is 8.78 Å². The maximum atomic E-state index is 14.1. The summed E-state index contributed by atoms with van der Waals surface area (Å²) < 4.78 is 27.6. The number of aromatic amines is 1. The van der Waals surface area contributed by atoms with E-state index >= 15 is 0 Å². The Kier molecular flexibility index (Phi) is 5.70. The number of halogens is 2. The molecule has 4 aromatic rings. The van der Waals surface area contributed by atoms with Crippen LogP contribution in [0, 0.1) is 11.6 Å². The zero-order valence-electron chi connectivity index (χ0n) is 16.2. The summed E-state index contributed by atoms with van der Waals surface area (Å²) >= 11 is 0. The fourth-order valence-corrected chi connectivity index (χ4v) is 3.30. The molecule has 3 N–H and O–H groups in total. The zero-order chi connectivity index (χ0) is 21.8. The molecule has 0 saturated heterocycles. The molecule has 0 aliphatic heterocycles. The average molecular weight is 420 g/mol.